The first-order valence-corrected chi connectivity index (χ1v) is 12.4. The number of fused-ring (bicyclic) bond motifs is 3. The second kappa shape index (κ2) is 7.89. The van der Waals surface area contributed by atoms with Gasteiger partial charge in [-0.05, 0) is 54.9 Å². The predicted molar refractivity (Wildman–Crippen MR) is 124 cm³/mol. The van der Waals surface area contributed by atoms with Gasteiger partial charge in [-0.2, -0.15) is 0 Å². The number of benzene rings is 2. The highest BCUT2D eigenvalue weighted by atomic mass is 15.2. The van der Waals surface area contributed by atoms with Crippen molar-refractivity contribution in [2.24, 2.45) is 0 Å². The summed E-state index contributed by atoms with van der Waals surface area (Å²) in [5.41, 5.74) is 8.03. The molecule has 2 heteroatoms. The smallest absolute Gasteiger partial charge is 0.129 e. The summed E-state index contributed by atoms with van der Waals surface area (Å²) >= 11 is 0. The third kappa shape index (κ3) is 3.21. The van der Waals surface area contributed by atoms with Crippen molar-refractivity contribution in [2.45, 2.75) is 82.8 Å². The average Bonchev–Trinajstić information content (AvgIpc) is 3.01. The molecule has 1 fully saturated rings. The Morgan fingerprint density at radius 3 is 2.60 bits per heavy atom. The predicted octanol–water partition coefficient (Wildman–Crippen LogP) is 5.56. The molecule has 1 saturated carbocycles. The van der Waals surface area contributed by atoms with Crippen LogP contribution < -0.4 is 4.90 Å². The van der Waals surface area contributed by atoms with Crippen LogP contribution in [-0.4, -0.2) is 11.1 Å². The zero-order chi connectivity index (χ0) is 19.9. The van der Waals surface area contributed by atoms with Gasteiger partial charge in [0.1, 0.15) is 12.6 Å². The summed E-state index contributed by atoms with van der Waals surface area (Å²) in [5.74, 6) is 0.801. The normalized spacial score (nSPS) is 24.5. The highest BCUT2D eigenvalue weighted by molar-refractivity contribution is 5.87. The van der Waals surface area contributed by atoms with E-state index in [9.17, 15) is 0 Å². The van der Waals surface area contributed by atoms with Gasteiger partial charge in [0.2, 0.25) is 0 Å². The minimum atomic E-state index is 0.669. The second-order valence-electron chi connectivity index (χ2n) is 10.00. The second-order valence-corrected chi connectivity index (χ2v) is 10.00. The molecule has 0 bridgehead atoms. The lowest BCUT2D eigenvalue weighted by molar-refractivity contribution is -0.945. The Hall–Kier alpha value is -2.06. The van der Waals surface area contributed by atoms with E-state index in [1.807, 2.05) is 0 Å². The van der Waals surface area contributed by atoms with E-state index in [1.165, 1.54) is 88.5 Å². The molecule has 1 aliphatic heterocycles. The highest BCUT2D eigenvalue weighted by Gasteiger charge is 2.36. The van der Waals surface area contributed by atoms with Crippen molar-refractivity contribution in [3.05, 3.63) is 70.9 Å². The van der Waals surface area contributed by atoms with Crippen molar-refractivity contribution < 1.29 is 4.90 Å². The van der Waals surface area contributed by atoms with Gasteiger partial charge in [-0.25, -0.2) is 0 Å². The molecule has 3 aromatic rings. The number of quaternary nitrogens is 1. The van der Waals surface area contributed by atoms with Gasteiger partial charge in [0.25, 0.3) is 0 Å². The van der Waals surface area contributed by atoms with Crippen LogP contribution in [0.15, 0.2) is 48.5 Å². The van der Waals surface area contributed by atoms with Gasteiger partial charge in [0.15, 0.2) is 0 Å². The number of aromatic nitrogens is 1. The summed E-state index contributed by atoms with van der Waals surface area (Å²) in [6.45, 7) is 3.66. The summed E-state index contributed by atoms with van der Waals surface area (Å²) in [6.07, 6.45) is 12.3. The lowest BCUT2D eigenvalue weighted by Gasteiger charge is -2.31. The number of hydrogen-bond acceptors (Lipinski definition) is 0. The molecule has 6 rings (SSSR count). The van der Waals surface area contributed by atoms with Crippen LogP contribution in [-0.2, 0) is 19.5 Å². The fourth-order valence-corrected chi connectivity index (χ4v) is 6.78. The van der Waals surface area contributed by atoms with E-state index in [0.717, 1.165) is 5.92 Å². The van der Waals surface area contributed by atoms with E-state index in [-0.39, 0.29) is 0 Å². The fraction of sp³-hybridized carbons (Fsp3) is 0.500. The van der Waals surface area contributed by atoms with Gasteiger partial charge in [-0.1, -0.05) is 55.7 Å². The molecule has 0 radical (unpaired) electrons. The molecule has 2 atom stereocenters. The maximum absolute atomic E-state index is 2.73. The van der Waals surface area contributed by atoms with Crippen molar-refractivity contribution in [3.8, 4) is 0 Å². The molecule has 0 spiro atoms. The van der Waals surface area contributed by atoms with Crippen LogP contribution in [0.1, 0.15) is 85.7 Å². The first-order chi connectivity index (χ1) is 14.9. The first kappa shape index (κ1) is 18.7. The highest BCUT2D eigenvalue weighted by Crippen LogP contribution is 2.40. The molecule has 3 aliphatic rings. The quantitative estimate of drug-likeness (QED) is 0.591. The minimum Gasteiger partial charge on any atom is -0.339 e. The lowest BCUT2D eigenvalue weighted by Crippen LogP contribution is -3.11. The molecular formula is C28H35N2+. The zero-order valence-corrected chi connectivity index (χ0v) is 18.2. The first-order valence-electron chi connectivity index (χ1n) is 12.4. The fourth-order valence-electron chi connectivity index (χ4n) is 6.78. The maximum atomic E-state index is 2.73. The van der Waals surface area contributed by atoms with Crippen LogP contribution in [0, 0.1) is 0 Å². The van der Waals surface area contributed by atoms with E-state index < -0.39 is 0 Å². The van der Waals surface area contributed by atoms with Crippen molar-refractivity contribution in [3.63, 3.8) is 0 Å². The van der Waals surface area contributed by atoms with E-state index in [0.29, 0.717) is 6.04 Å². The van der Waals surface area contributed by atoms with Gasteiger partial charge < -0.3 is 9.47 Å². The molecule has 1 aromatic heterocycles. The lowest BCUT2D eigenvalue weighted by atomic mass is 9.83. The van der Waals surface area contributed by atoms with Crippen LogP contribution in [0.2, 0.25) is 0 Å². The standard InChI is InChI=1S/C28H34N2/c1-3-9-21(10-4-1)20-29-17-8-18-30-26-16-15-23(22-11-5-2-6-12-22)19-25(26)24-13-7-14-27(29)28(24)30/h1,3-4,9-10,15-16,19,22,27H,2,5-8,11-14,17-18,20H2/p+1/t27-/m1/s1. The molecule has 2 aromatic carbocycles. The molecule has 30 heavy (non-hydrogen) atoms. The SMILES string of the molecule is c1ccc(C[NH+]2CCCn3c4c(c5cc(C6CCCCC6)ccc53)CCC[C@H]42)cc1. The Balaban J connectivity index is 1.41. The van der Waals surface area contributed by atoms with Crippen molar-refractivity contribution in [1.82, 2.24) is 4.57 Å². The van der Waals surface area contributed by atoms with Gasteiger partial charge in [0, 0.05) is 35.9 Å². The Kier molecular flexibility index (Phi) is 4.91. The zero-order valence-electron chi connectivity index (χ0n) is 18.2. The molecule has 2 aliphatic carbocycles. The van der Waals surface area contributed by atoms with Crippen LogP contribution >= 0.6 is 0 Å². The van der Waals surface area contributed by atoms with Gasteiger partial charge in [0.05, 0.1) is 12.2 Å². The summed E-state index contributed by atoms with van der Waals surface area (Å²) in [6, 6.07) is 19.4. The van der Waals surface area contributed by atoms with E-state index in [1.54, 1.807) is 27.1 Å². The number of aryl methyl sites for hydroxylation is 2. The maximum Gasteiger partial charge on any atom is 0.129 e. The molecule has 0 saturated heterocycles. The topological polar surface area (TPSA) is 9.37 Å². The number of hydrogen-bond donors (Lipinski definition) is 1. The average molecular weight is 400 g/mol. The summed E-state index contributed by atoms with van der Waals surface area (Å²) in [4.78, 5) is 1.79. The van der Waals surface area contributed by atoms with Crippen LogP contribution in [0.5, 0.6) is 0 Å². The third-order valence-electron chi connectivity index (χ3n) is 8.21. The number of nitrogens with zero attached hydrogens (tertiary/aromatic N) is 1. The summed E-state index contributed by atoms with van der Waals surface area (Å²) < 4.78 is 2.73. The molecule has 156 valence electrons. The van der Waals surface area contributed by atoms with E-state index in [4.69, 9.17) is 0 Å². The van der Waals surface area contributed by atoms with Crippen LogP contribution in [0.25, 0.3) is 10.9 Å². The molecular weight excluding hydrogens is 364 g/mol. The number of rotatable bonds is 3. The molecule has 0 amide bonds. The minimum absolute atomic E-state index is 0.669. The molecule has 1 N–H and O–H groups in total. The van der Waals surface area contributed by atoms with Crippen molar-refractivity contribution in [1.29, 1.82) is 0 Å². The monoisotopic (exact) mass is 399 g/mol. The summed E-state index contributed by atoms with van der Waals surface area (Å²) in [7, 11) is 0. The molecule has 2 nitrogen and oxygen atoms in total. The molecule has 2 heterocycles. The van der Waals surface area contributed by atoms with Gasteiger partial charge >= 0.3 is 0 Å². The summed E-state index contributed by atoms with van der Waals surface area (Å²) in [5, 5.41) is 1.60. The Labute approximate surface area is 180 Å². The number of nitrogens with one attached hydrogen (secondary N) is 1. The third-order valence-corrected chi connectivity index (χ3v) is 8.21. The largest absolute Gasteiger partial charge is 0.339 e. The van der Waals surface area contributed by atoms with Crippen molar-refractivity contribution in [2.75, 3.05) is 6.54 Å². The van der Waals surface area contributed by atoms with E-state index in [2.05, 4.69) is 53.1 Å². The van der Waals surface area contributed by atoms with Gasteiger partial charge in [-0.15, -0.1) is 0 Å². The van der Waals surface area contributed by atoms with Crippen LogP contribution in [0.3, 0.4) is 0 Å². The van der Waals surface area contributed by atoms with Crippen molar-refractivity contribution >= 4 is 10.9 Å². The van der Waals surface area contributed by atoms with Gasteiger partial charge in [-0.3, -0.25) is 0 Å². The van der Waals surface area contributed by atoms with E-state index >= 15 is 0 Å². The van der Waals surface area contributed by atoms with Crippen LogP contribution in [0.4, 0.5) is 0 Å². The molecule has 1 unspecified atom stereocenters. The Morgan fingerprint density at radius 2 is 1.73 bits per heavy atom. The Morgan fingerprint density at radius 1 is 0.867 bits per heavy atom. The Bertz CT molecular complexity index is 1030.